The molecule has 0 aliphatic carbocycles. The normalized spacial score (nSPS) is 15.6. The van der Waals surface area contributed by atoms with Crippen molar-refractivity contribution in [3.63, 3.8) is 0 Å². The van der Waals surface area contributed by atoms with Crippen LogP contribution in [0.4, 0.5) is 38.0 Å². The molecule has 10 nitrogen and oxygen atoms in total. The van der Waals surface area contributed by atoms with E-state index in [1.807, 2.05) is 0 Å². The highest BCUT2D eigenvalue weighted by atomic mass is 19.4. The second-order valence-corrected chi connectivity index (χ2v) is 8.37. The van der Waals surface area contributed by atoms with E-state index in [2.05, 4.69) is 20.4 Å². The Morgan fingerprint density at radius 3 is 2.24 bits per heavy atom. The van der Waals surface area contributed by atoms with Gasteiger partial charge < -0.3 is 19.9 Å². The smallest absolute Gasteiger partial charge is 0.379 e. The number of amides is 1. The van der Waals surface area contributed by atoms with Gasteiger partial charge in [-0.1, -0.05) is 0 Å². The van der Waals surface area contributed by atoms with Crippen molar-refractivity contribution < 1.29 is 35.9 Å². The molecule has 1 N–H and O–H groups in total. The highest BCUT2D eigenvalue weighted by Gasteiger charge is 2.38. The van der Waals surface area contributed by atoms with E-state index >= 15 is 0 Å². The Morgan fingerprint density at radius 1 is 1.05 bits per heavy atom. The van der Waals surface area contributed by atoms with Crippen LogP contribution >= 0.6 is 0 Å². The highest BCUT2D eigenvalue weighted by molar-refractivity contribution is 5.76. The first kappa shape index (κ1) is 28.1. The van der Waals surface area contributed by atoms with Gasteiger partial charge in [-0.25, -0.2) is 14.6 Å². The zero-order valence-electron chi connectivity index (χ0n) is 19.9. The third kappa shape index (κ3) is 7.30. The molecule has 1 fully saturated rings. The van der Waals surface area contributed by atoms with E-state index < -0.39 is 40.8 Å². The molecule has 0 aromatic carbocycles. The lowest BCUT2D eigenvalue weighted by Crippen LogP contribution is -2.49. The van der Waals surface area contributed by atoms with Gasteiger partial charge in [-0.3, -0.25) is 9.59 Å². The molecule has 37 heavy (non-hydrogen) atoms. The van der Waals surface area contributed by atoms with E-state index in [1.54, 1.807) is 16.7 Å². The van der Waals surface area contributed by atoms with Crippen LogP contribution in [0.25, 0.3) is 0 Å². The molecule has 1 amide bonds. The monoisotopic (exact) mass is 537 g/mol. The minimum absolute atomic E-state index is 0.0218. The van der Waals surface area contributed by atoms with Gasteiger partial charge in [-0.2, -0.15) is 31.4 Å². The van der Waals surface area contributed by atoms with Gasteiger partial charge in [0.25, 0.3) is 5.56 Å². The molecular weight excluding hydrogens is 512 g/mol. The molecular formula is C21H25F6N7O3. The largest absolute Gasteiger partial charge is 0.423 e. The topological polar surface area (TPSA) is 105 Å². The summed E-state index contributed by atoms with van der Waals surface area (Å²) in [5.74, 6) is -0.0613. The second kappa shape index (κ2) is 11.3. The number of aryl methyl sites for hydroxylation is 1. The molecule has 1 saturated heterocycles. The third-order valence-electron chi connectivity index (χ3n) is 5.53. The van der Waals surface area contributed by atoms with E-state index in [0.29, 0.717) is 43.3 Å². The van der Waals surface area contributed by atoms with Crippen LogP contribution in [0, 0.1) is 0 Å². The van der Waals surface area contributed by atoms with Crippen molar-refractivity contribution >= 4 is 17.5 Å². The van der Waals surface area contributed by atoms with Crippen molar-refractivity contribution in [1.29, 1.82) is 0 Å². The highest BCUT2D eigenvalue weighted by Crippen LogP contribution is 2.32. The lowest BCUT2D eigenvalue weighted by atomic mass is 10.2. The average molecular weight is 537 g/mol. The van der Waals surface area contributed by atoms with Crippen molar-refractivity contribution in [2.75, 3.05) is 49.6 Å². The lowest BCUT2D eigenvalue weighted by Gasteiger charge is -2.34. The summed E-state index contributed by atoms with van der Waals surface area (Å²) in [6.45, 7) is 2.86. The molecule has 0 bridgehead atoms. The molecule has 3 rings (SSSR count). The Morgan fingerprint density at radius 2 is 1.68 bits per heavy atom. The molecule has 3 heterocycles. The maximum absolute atomic E-state index is 13.3. The van der Waals surface area contributed by atoms with E-state index in [9.17, 15) is 35.9 Å². The third-order valence-corrected chi connectivity index (χ3v) is 5.53. The molecule has 1 aliphatic heterocycles. The van der Waals surface area contributed by atoms with Gasteiger partial charge in [-0.15, -0.1) is 0 Å². The fourth-order valence-corrected chi connectivity index (χ4v) is 3.59. The SMILES string of the molecule is C[C@@H](COCCC(=O)N1CCN(c2ncc(C(F)(F)F)cn2)CC1)Nc1cnn(C)c(=O)c1C(F)(F)F. The molecule has 1 aliphatic rings. The summed E-state index contributed by atoms with van der Waals surface area (Å²) in [7, 11) is 1.12. The summed E-state index contributed by atoms with van der Waals surface area (Å²) < 4.78 is 83.8. The Hall–Kier alpha value is -3.43. The Balaban J connectivity index is 1.41. The number of halogens is 6. The summed E-state index contributed by atoms with van der Waals surface area (Å²) in [5, 5.41) is 6.18. The van der Waals surface area contributed by atoms with Crippen molar-refractivity contribution in [3.05, 3.63) is 40.1 Å². The van der Waals surface area contributed by atoms with Gasteiger partial charge in [0.2, 0.25) is 11.9 Å². The number of carbonyl (C=O) groups excluding carboxylic acids is 1. The van der Waals surface area contributed by atoms with Crippen molar-refractivity contribution in [2.45, 2.75) is 31.7 Å². The molecule has 2 aromatic rings. The quantitative estimate of drug-likeness (QED) is 0.404. The number of hydrogen-bond acceptors (Lipinski definition) is 8. The van der Waals surface area contributed by atoms with Crippen LogP contribution in [-0.2, 0) is 28.9 Å². The van der Waals surface area contributed by atoms with E-state index in [-0.39, 0.29) is 31.5 Å². The lowest BCUT2D eigenvalue weighted by molar-refractivity contribution is -0.139. The molecule has 1 atom stereocenters. The van der Waals surface area contributed by atoms with Crippen LogP contribution in [0.1, 0.15) is 24.5 Å². The second-order valence-electron chi connectivity index (χ2n) is 8.37. The number of nitrogens with zero attached hydrogens (tertiary/aromatic N) is 6. The fraction of sp³-hybridized carbons (Fsp3) is 0.571. The zero-order valence-corrected chi connectivity index (χ0v) is 19.9. The fourth-order valence-electron chi connectivity index (χ4n) is 3.59. The summed E-state index contributed by atoms with van der Waals surface area (Å²) in [4.78, 5) is 35.1. The summed E-state index contributed by atoms with van der Waals surface area (Å²) in [6.07, 6.45) is -7.01. The Labute approximate surface area is 207 Å². The number of ether oxygens (including phenoxy) is 1. The van der Waals surface area contributed by atoms with Gasteiger partial charge in [0.05, 0.1) is 37.1 Å². The van der Waals surface area contributed by atoms with Crippen molar-refractivity contribution in [3.8, 4) is 0 Å². The van der Waals surface area contributed by atoms with Gasteiger partial charge >= 0.3 is 12.4 Å². The number of piperazine rings is 1. The first-order chi connectivity index (χ1) is 17.3. The number of rotatable bonds is 8. The van der Waals surface area contributed by atoms with Crippen LogP contribution in [0.5, 0.6) is 0 Å². The van der Waals surface area contributed by atoms with Crippen molar-refractivity contribution in [2.24, 2.45) is 7.05 Å². The average Bonchev–Trinajstić information content (AvgIpc) is 2.83. The number of alkyl halides is 6. The van der Waals surface area contributed by atoms with Gasteiger partial charge in [-0.05, 0) is 6.92 Å². The Kier molecular flexibility index (Phi) is 8.60. The van der Waals surface area contributed by atoms with Crippen LogP contribution < -0.4 is 15.8 Å². The molecule has 0 radical (unpaired) electrons. The number of anilines is 2. The molecule has 0 spiro atoms. The summed E-state index contributed by atoms with van der Waals surface area (Å²) in [6, 6.07) is -0.614. The van der Waals surface area contributed by atoms with Crippen LogP contribution in [-0.4, -0.2) is 76.0 Å². The van der Waals surface area contributed by atoms with Crippen LogP contribution in [0.2, 0.25) is 0 Å². The maximum atomic E-state index is 13.3. The van der Waals surface area contributed by atoms with Crippen LogP contribution in [0.15, 0.2) is 23.4 Å². The minimum atomic E-state index is -4.87. The van der Waals surface area contributed by atoms with E-state index in [1.165, 1.54) is 0 Å². The van der Waals surface area contributed by atoms with E-state index in [4.69, 9.17) is 4.74 Å². The maximum Gasteiger partial charge on any atom is 0.423 e. The predicted molar refractivity (Wildman–Crippen MR) is 119 cm³/mol. The first-order valence-corrected chi connectivity index (χ1v) is 11.2. The summed E-state index contributed by atoms with van der Waals surface area (Å²) in [5.41, 5.74) is -4.04. The Bertz CT molecular complexity index is 1130. The standard InChI is InChI=1S/C21H25F6N7O3/c1-13(31-15-11-30-32(2)18(36)17(15)21(25,26)27)12-37-8-3-16(35)33-4-6-34(7-5-33)19-28-9-14(10-29-19)20(22,23)24/h9-11,13,31H,3-8,12H2,1-2H3/t13-/m0/s1. The number of nitrogens with one attached hydrogen (secondary N) is 1. The molecule has 2 aromatic heterocycles. The van der Waals surface area contributed by atoms with Crippen LogP contribution in [0.3, 0.4) is 0 Å². The number of carbonyl (C=O) groups is 1. The predicted octanol–water partition coefficient (Wildman–Crippen LogP) is 2.16. The van der Waals surface area contributed by atoms with Gasteiger partial charge in [0.15, 0.2) is 0 Å². The van der Waals surface area contributed by atoms with Gasteiger partial charge in [0, 0.05) is 51.7 Å². The van der Waals surface area contributed by atoms with Crippen molar-refractivity contribution in [1.82, 2.24) is 24.6 Å². The molecule has 0 saturated carbocycles. The number of aromatic nitrogens is 4. The van der Waals surface area contributed by atoms with E-state index in [0.717, 1.165) is 13.2 Å². The van der Waals surface area contributed by atoms with Gasteiger partial charge in [0.1, 0.15) is 5.56 Å². The zero-order chi connectivity index (χ0) is 27.4. The molecule has 0 unspecified atom stereocenters. The summed E-state index contributed by atoms with van der Waals surface area (Å²) >= 11 is 0. The minimum Gasteiger partial charge on any atom is -0.379 e. The molecule has 204 valence electrons. The number of hydrogen-bond donors (Lipinski definition) is 1. The first-order valence-electron chi connectivity index (χ1n) is 11.2. The molecule has 16 heteroatoms.